The third-order valence-electron chi connectivity index (χ3n) is 1.87. The highest BCUT2D eigenvalue weighted by molar-refractivity contribution is 7.98. The maximum Gasteiger partial charge on any atom is 0.216 e. The van der Waals surface area contributed by atoms with E-state index in [0.29, 0.717) is 16.5 Å². The normalized spacial score (nSPS) is 10.6. The second kappa shape index (κ2) is 4.71. The van der Waals surface area contributed by atoms with Crippen LogP contribution in [0.4, 0.5) is 10.3 Å². The molecule has 0 atom stereocenters. The van der Waals surface area contributed by atoms with Gasteiger partial charge in [0.15, 0.2) is 0 Å². The quantitative estimate of drug-likeness (QED) is 0.830. The summed E-state index contributed by atoms with van der Waals surface area (Å²) in [6, 6.07) is 4.88. The van der Waals surface area contributed by atoms with Gasteiger partial charge in [-0.3, -0.25) is 0 Å². The van der Waals surface area contributed by atoms with Crippen molar-refractivity contribution in [2.45, 2.75) is 10.9 Å². The van der Waals surface area contributed by atoms with E-state index in [2.05, 4.69) is 15.2 Å². The number of benzene rings is 1. The number of thioether (sulfide) groups is 1. The molecule has 0 saturated carbocycles. The summed E-state index contributed by atoms with van der Waals surface area (Å²) in [5.41, 5.74) is 5.88. The van der Waals surface area contributed by atoms with Crippen molar-refractivity contribution < 1.29 is 4.39 Å². The minimum absolute atomic E-state index is 0.118. The van der Waals surface area contributed by atoms with Crippen LogP contribution in [0.5, 0.6) is 0 Å². The number of nitrogens with one attached hydrogen (secondary N) is 1. The van der Waals surface area contributed by atoms with E-state index in [1.54, 1.807) is 12.1 Å². The Morgan fingerprint density at radius 2 is 2.31 bits per heavy atom. The van der Waals surface area contributed by atoms with Gasteiger partial charge in [-0.2, -0.15) is 4.98 Å². The lowest BCUT2D eigenvalue weighted by atomic mass is 10.2. The lowest BCUT2D eigenvalue weighted by molar-refractivity contribution is 0.617. The van der Waals surface area contributed by atoms with Crippen LogP contribution >= 0.6 is 23.4 Å². The molecule has 0 fully saturated rings. The first kappa shape index (κ1) is 11.2. The van der Waals surface area contributed by atoms with Gasteiger partial charge in [0.25, 0.3) is 0 Å². The van der Waals surface area contributed by atoms with E-state index >= 15 is 0 Å². The monoisotopic (exact) mass is 258 g/mol. The number of nitrogens with zero attached hydrogens (tertiary/aromatic N) is 2. The molecule has 1 aromatic heterocycles. The van der Waals surface area contributed by atoms with Crippen LogP contribution in [0, 0.1) is 5.82 Å². The van der Waals surface area contributed by atoms with Crippen LogP contribution in [-0.4, -0.2) is 15.2 Å². The highest BCUT2D eigenvalue weighted by atomic mass is 35.5. The molecule has 0 aliphatic carbocycles. The van der Waals surface area contributed by atoms with Crippen molar-refractivity contribution in [2.24, 2.45) is 0 Å². The van der Waals surface area contributed by atoms with Crippen molar-refractivity contribution in [3.8, 4) is 0 Å². The molecule has 16 heavy (non-hydrogen) atoms. The van der Waals surface area contributed by atoms with Gasteiger partial charge in [-0.15, -0.1) is 5.10 Å². The smallest absolute Gasteiger partial charge is 0.216 e. The molecular formula is C9H8ClFN4S. The Labute approximate surface area is 100 Å². The first-order chi connectivity index (χ1) is 7.66. The molecule has 0 radical (unpaired) electrons. The number of hydrogen-bond acceptors (Lipinski definition) is 4. The third-order valence-corrected chi connectivity index (χ3v) is 3.06. The molecule has 1 aromatic carbocycles. The van der Waals surface area contributed by atoms with E-state index in [4.69, 9.17) is 17.3 Å². The molecule has 0 bridgehead atoms. The van der Waals surface area contributed by atoms with Crippen molar-refractivity contribution in [3.05, 3.63) is 34.6 Å². The lowest BCUT2D eigenvalue weighted by Gasteiger charge is -2.01. The Bertz CT molecular complexity index is 502. The first-order valence-electron chi connectivity index (χ1n) is 4.40. The fourth-order valence-corrected chi connectivity index (χ4v) is 2.10. The molecule has 1 heterocycles. The van der Waals surface area contributed by atoms with Gasteiger partial charge in [-0.1, -0.05) is 35.5 Å². The highest BCUT2D eigenvalue weighted by Gasteiger charge is 2.08. The van der Waals surface area contributed by atoms with Crippen LogP contribution in [0.1, 0.15) is 5.56 Å². The van der Waals surface area contributed by atoms with E-state index in [1.807, 2.05) is 0 Å². The zero-order valence-electron chi connectivity index (χ0n) is 8.08. The molecule has 4 nitrogen and oxygen atoms in total. The van der Waals surface area contributed by atoms with Gasteiger partial charge >= 0.3 is 0 Å². The Balaban J connectivity index is 2.07. The SMILES string of the molecule is Nc1nc(SCc2cccc(Cl)c2F)n[nH]1. The van der Waals surface area contributed by atoms with E-state index in [0.717, 1.165) is 0 Å². The molecule has 0 aliphatic heterocycles. The van der Waals surface area contributed by atoms with Crippen molar-refractivity contribution in [1.82, 2.24) is 15.2 Å². The van der Waals surface area contributed by atoms with E-state index in [9.17, 15) is 4.39 Å². The Kier molecular flexibility index (Phi) is 3.31. The fraction of sp³-hybridized carbons (Fsp3) is 0.111. The molecule has 3 N–H and O–H groups in total. The summed E-state index contributed by atoms with van der Waals surface area (Å²) in [4.78, 5) is 3.90. The van der Waals surface area contributed by atoms with E-state index in [1.165, 1.54) is 17.8 Å². The predicted octanol–water partition coefficient (Wildman–Crippen LogP) is 2.47. The number of hydrogen-bond donors (Lipinski definition) is 2. The number of aromatic amines is 1. The number of aromatic nitrogens is 3. The van der Waals surface area contributed by atoms with Gasteiger partial charge in [0.2, 0.25) is 11.1 Å². The maximum absolute atomic E-state index is 13.5. The zero-order chi connectivity index (χ0) is 11.5. The van der Waals surface area contributed by atoms with Crippen LogP contribution in [0.15, 0.2) is 23.4 Å². The summed E-state index contributed by atoms with van der Waals surface area (Å²) in [5.74, 6) is 0.248. The molecule has 2 aromatic rings. The minimum Gasteiger partial charge on any atom is -0.368 e. The molecule has 7 heteroatoms. The van der Waals surface area contributed by atoms with Gasteiger partial charge in [0, 0.05) is 5.75 Å². The van der Waals surface area contributed by atoms with Gasteiger partial charge < -0.3 is 5.73 Å². The summed E-state index contributed by atoms with van der Waals surface area (Å²) in [7, 11) is 0. The number of anilines is 1. The lowest BCUT2D eigenvalue weighted by Crippen LogP contribution is -1.89. The first-order valence-corrected chi connectivity index (χ1v) is 5.76. The molecule has 84 valence electrons. The standard InChI is InChI=1S/C9H8ClFN4S/c10-6-3-1-2-5(7(6)11)4-16-9-13-8(12)14-15-9/h1-3H,4H2,(H3,12,13,14,15). The second-order valence-corrected chi connectivity index (χ2v) is 4.35. The van der Waals surface area contributed by atoms with Crippen LogP contribution in [0.3, 0.4) is 0 Å². The largest absolute Gasteiger partial charge is 0.368 e. The summed E-state index contributed by atoms with van der Waals surface area (Å²) in [5, 5.41) is 6.94. The number of nitrogens with two attached hydrogens (primary N) is 1. The number of rotatable bonds is 3. The third kappa shape index (κ3) is 2.45. The summed E-state index contributed by atoms with van der Waals surface area (Å²) in [6.45, 7) is 0. The molecule has 0 spiro atoms. The zero-order valence-corrected chi connectivity index (χ0v) is 9.65. The maximum atomic E-state index is 13.5. The highest BCUT2D eigenvalue weighted by Crippen LogP contribution is 2.24. The average molecular weight is 259 g/mol. The summed E-state index contributed by atoms with van der Waals surface area (Å²) < 4.78 is 13.5. The van der Waals surface area contributed by atoms with E-state index < -0.39 is 5.82 Å². The van der Waals surface area contributed by atoms with Crippen LogP contribution in [0.2, 0.25) is 5.02 Å². The second-order valence-electron chi connectivity index (χ2n) is 3.00. The Morgan fingerprint density at radius 3 is 3.00 bits per heavy atom. The van der Waals surface area contributed by atoms with Gasteiger partial charge in [0.05, 0.1) is 5.02 Å². The van der Waals surface area contributed by atoms with Crippen molar-refractivity contribution >= 4 is 29.3 Å². The Hall–Kier alpha value is -1.27. The summed E-state index contributed by atoms with van der Waals surface area (Å²) >= 11 is 6.94. The minimum atomic E-state index is -0.403. The molecule has 0 saturated heterocycles. The van der Waals surface area contributed by atoms with E-state index in [-0.39, 0.29) is 11.0 Å². The molecular weight excluding hydrogens is 251 g/mol. The van der Waals surface area contributed by atoms with Gasteiger partial charge in [-0.05, 0) is 11.6 Å². The molecule has 0 aliphatic rings. The fourth-order valence-electron chi connectivity index (χ4n) is 1.12. The van der Waals surface area contributed by atoms with Crippen LogP contribution < -0.4 is 5.73 Å². The average Bonchev–Trinajstić information content (AvgIpc) is 2.67. The molecule has 2 rings (SSSR count). The van der Waals surface area contributed by atoms with Crippen LogP contribution in [-0.2, 0) is 5.75 Å². The number of nitrogen functional groups attached to an aromatic ring is 1. The predicted molar refractivity (Wildman–Crippen MR) is 61.8 cm³/mol. The topological polar surface area (TPSA) is 67.6 Å². The van der Waals surface area contributed by atoms with Gasteiger partial charge in [-0.25, -0.2) is 9.49 Å². The van der Waals surface area contributed by atoms with Crippen LogP contribution in [0.25, 0.3) is 0 Å². The van der Waals surface area contributed by atoms with Crippen molar-refractivity contribution in [2.75, 3.05) is 5.73 Å². The Morgan fingerprint density at radius 1 is 1.50 bits per heavy atom. The van der Waals surface area contributed by atoms with Gasteiger partial charge in [0.1, 0.15) is 5.82 Å². The summed E-state index contributed by atoms with van der Waals surface area (Å²) in [6.07, 6.45) is 0. The van der Waals surface area contributed by atoms with Crippen molar-refractivity contribution in [1.29, 1.82) is 0 Å². The number of halogens is 2. The van der Waals surface area contributed by atoms with Crippen molar-refractivity contribution in [3.63, 3.8) is 0 Å². The molecule has 0 amide bonds. The number of H-pyrrole nitrogens is 1. The molecule has 0 unspecified atom stereocenters.